The van der Waals surface area contributed by atoms with Crippen molar-refractivity contribution in [3.05, 3.63) is 101 Å². The molecular weight excluding hydrogens is 357 g/mol. The van der Waals surface area contributed by atoms with Crippen molar-refractivity contribution in [1.29, 1.82) is 0 Å². The molecule has 1 heterocycles. The Hall–Kier alpha value is -3.73. The molecule has 0 aliphatic carbocycles. The lowest BCUT2D eigenvalue weighted by Gasteiger charge is -2.06. The summed E-state index contributed by atoms with van der Waals surface area (Å²) in [4.78, 5) is 25.0. The van der Waals surface area contributed by atoms with E-state index in [4.69, 9.17) is 4.42 Å². The number of benzene rings is 3. The van der Waals surface area contributed by atoms with Crippen LogP contribution in [0, 0.1) is 12.7 Å². The van der Waals surface area contributed by atoms with Gasteiger partial charge in [0.2, 0.25) is 5.78 Å². The molecule has 0 unspecified atom stereocenters. The number of amides is 1. The lowest BCUT2D eigenvalue weighted by molar-refractivity contribution is 0.100. The van der Waals surface area contributed by atoms with Gasteiger partial charge in [-0.2, -0.15) is 0 Å². The Morgan fingerprint density at radius 3 is 2.39 bits per heavy atom. The molecule has 3 aromatic carbocycles. The zero-order chi connectivity index (χ0) is 19.7. The number of ketones is 1. The molecule has 0 aliphatic rings. The molecule has 1 N–H and O–H groups in total. The molecule has 0 aliphatic heterocycles. The first-order valence-corrected chi connectivity index (χ1v) is 8.73. The monoisotopic (exact) mass is 373 g/mol. The van der Waals surface area contributed by atoms with E-state index in [9.17, 15) is 14.0 Å². The molecule has 0 bridgehead atoms. The molecule has 1 amide bonds. The summed E-state index contributed by atoms with van der Waals surface area (Å²) in [6.45, 7) is 1.82. The van der Waals surface area contributed by atoms with E-state index in [-0.39, 0.29) is 17.1 Å². The standard InChI is InChI=1S/C23H16FNO3/c1-14-17-12-11-16(25-23(27)18-9-5-6-10-19(18)24)13-20(17)28-22(14)21(26)15-7-3-2-4-8-15/h2-13H,1H3,(H,25,27). The molecule has 0 spiro atoms. The maximum Gasteiger partial charge on any atom is 0.258 e. The first kappa shape index (κ1) is 17.7. The zero-order valence-electron chi connectivity index (χ0n) is 15.0. The van der Waals surface area contributed by atoms with Crippen LogP contribution in [0.2, 0.25) is 0 Å². The number of carbonyl (C=O) groups excluding carboxylic acids is 2. The van der Waals surface area contributed by atoms with Crippen molar-refractivity contribution < 1.29 is 18.4 Å². The van der Waals surface area contributed by atoms with E-state index in [0.29, 0.717) is 16.8 Å². The maximum atomic E-state index is 13.8. The number of aryl methyl sites for hydroxylation is 1. The molecule has 4 aromatic rings. The van der Waals surface area contributed by atoms with Gasteiger partial charge in [-0.15, -0.1) is 0 Å². The quantitative estimate of drug-likeness (QED) is 0.490. The summed E-state index contributed by atoms with van der Waals surface area (Å²) in [5, 5.41) is 3.44. The normalized spacial score (nSPS) is 10.8. The van der Waals surface area contributed by atoms with Crippen LogP contribution in [-0.4, -0.2) is 11.7 Å². The van der Waals surface area contributed by atoms with Crippen LogP contribution in [0.15, 0.2) is 77.2 Å². The molecule has 0 radical (unpaired) electrons. The molecule has 4 nitrogen and oxygen atoms in total. The Morgan fingerprint density at radius 1 is 0.929 bits per heavy atom. The number of rotatable bonds is 4. The minimum atomic E-state index is -0.592. The highest BCUT2D eigenvalue weighted by atomic mass is 19.1. The second-order valence-corrected chi connectivity index (χ2v) is 6.40. The van der Waals surface area contributed by atoms with Crippen LogP contribution in [-0.2, 0) is 0 Å². The largest absolute Gasteiger partial charge is 0.452 e. The van der Waals surface area contributed by atoms with Crippen molar-refractivity contribution >= 4 is 28.3 Å². The van der Waals surface area contributed by atoms with E-state index >= 15 is 0 Å². The summed E-state index contributed by atoms with van der Waals surface area (Å²) >= 11 is 0. The third-order valence-corrected chi connectivity index (χ3v) is 4.56. The predicted octanol–water partition coefficient (Wildman–Crippen LogP) is 5.36. The Labute approximate surface area is 160 Å². The fourth-order valence-electron chi connectivity index (χ4n) is 3.08. The predicted molar refractivity (Wildman–Crippen MR) is 105 cm³/mol. The topological polar surface area (TPSA) is 59.3 Å². The Morgan fingerprint density at radius 2 is 1.64 bits per heavy atom. The van der Waals surface area contributed by atoms with Crippen molar-refractivity contribution in [2.75, 3.05) is 5.32 Å². The van der Waals surface area contributed by atoms with Crippen LogP contribution >= 0.6 is 0 Å². The Kier molecular flexibility index (Phi) is 4.49. The van der Waals surface area contributed by atoms with Crippen LogP contribution in [0.1, 0.15) is 32.0 Å². The van der Waals surface area contributed by atoms with Gasteiger partial charge in [0.05, 0.1) is 5.56 Å². The van der Waals surface area contributed by atoms with E-state index in [1.807, 2.05) is 13.0 Å². The number of hydrogen-bond donors (Lipinski definition) is 1. The van der Waals surface area contributed by atoms with Gasteiger partial charge in [-0.1, -0.05) is 42.5 Å². The van der Waals surface area contributed by atoms with Crippen LogP contribution < -0.4 is 5.32 Å². The Bertz CT molecular complexity index is 1200. The van der Waals surface area contributed by atoms with E-state index in [2.05, 4.69) is 5.32 Å². The Balaban J connectivity index is 1.66. The van der Waals surface area contributed by atoms with Gasteiger partial charge >= 0.3 is 0 Å². The lowest BCUT2D eigenvalue weighted by Crippen LogP contribution is -2.13. The average molecular weight is 373 g/mol. The van der Waals surface area contributed by atoms with Crippen LogP contribution in [0.25, 0.3) is 11.0 Å². The summed E-state index contributed by atoms with van der Waals surface area (Å²) in [5.41, 5.74) is 2.16. The summed E-state index contributed by atoms with van der Waals surface area (Å²) < 4.78 is 19.6. The molecule has 138 valence electrons. The summed E-state index contributed by atoms with van der Waals surface area (Å²) in [6.07, 6.45) is 0. The van der Waals surface area contributed by atoms with Crippen LogP contribution in [0.3, 0.4) is 0 Å². The zero-order valence-corrected chi connectivity index (χ0v) is 15.0. The van der Waals surface area contributed by atoms with Crippen molar-refractivity contribution in [2.24, 2.45) is 0 Å². The van der Waals surface area contributed by atoms with Crippen molar-refractivity contribution in [3.8, 4) is 0 Å². The summed E-state index contributed by atoms with van der Waals surface area (Å²) in [6, 6.07) is 19.7. The van der Waals surface area contributed by atoms with Crippen molar-refractivity contribution in [2.45, 2.75) is 6.92 Å². The minimum Gasteiger partial charge on any atom is -0.452 e. The first-order valence-electron chi connectivity index (χ1n) is 8.73. The number of carbonyl (C=O) groups is 2. The first-order chi connectivity index (χ1) is 13.5. The highest BCUT2D eigenvalue weighted by Gasteiger charge is 2.19. The van der Waals surface area contributed by atoms with Gasteiger partial charge in [0.25, 0.3) is 5.91 Å². The number of anilines is 1. The molecule has 0 fully saturated rings. The van der Waals surface area contributed by atoms with Gasteiger partial charge in [-0.25, -0.2) is 4.39 Å². The minimum absolute atomic E-state index is 0.0434. The van der Waals surface area contributed by atoms with Gasteiger partial charge in [0, 0.05) is 28.3 Å². The average Bonchev–Trinajstić information content (AvgIpc) is 3.04. The molecule has 28 heavy (non-hydrogen) atoms. The molecule has 0 saturated carbocycles. The fourth-order valence-corrected chi connectivity index (χ4v) is 3.08. The van der Waals surface area contributed by atoms with Gasteiger partial charge in [-0.3, -0.25) is 9.59 Å². The summed E-state index contributed by atoms with van der Waals surface area (Å²) in [5.74, 6) is -1.09. The van der Waals surface area contributed by atoms with Crippen LogP contribution in [0.5, 0.6) is 0 Å². The van der Waals surface area contributed by atoms with E-state index in [1.54, 1.807) is 48.5 Å². The number of halogens is 1. The highest BCUT2D eigenvalue weighted by molar-refractivity contribution is 6.11. The van der Waals surface area contributed by atoms with E-state index < -0.39 is 11.7 Å². The third-order valence-electron chi connectivity index (χ3n) is 4.56. The van der Waals surface area contributed by atoms with Gasteiger partial charge in [-0.05, 0) is 31.2 Å². The third kappa shape index (κ3) is 3.18. The second kappa shape index (κ2) is 7.12. The SMILES string of the molecule is Cc1c(C(=O)c2ccccc2)oc2cc(NC(=O)c3ccccc3F)ccc12. The molecule has 0 atom stereocenters. The molecule has 5 heteroatoms. The van der Waals surface area contributed by atoms with Gasteiger partial charge in [0.15, 0.2) is 5.76 Å². The number of nitrogens with one attached hydrogen (secondary N) is 1. The molecule has 1 aromatic heterocycles. The lowest BCUT2D eigenvalue weighted by atomic mass is 10.0. The maximum absolute atomic E-state index is 13.8. The number of furan rings is 1. The molecule has 0 saturated heterocycles. The highest BCUT2D eigenvalue weighted by Crippen LogP contribution is 2.29. The summed E-state index contributed by atoms with van der Waals surface area (Å²) in [7, 11) is 0. The smallest absolute Gasteiger partial charge is 0.258 e. The number of hydrogen-bond acceptors (Lipinski definition) is 3. The van der Waals surface area contributed by atoms with Crippen molar-refractivity contribution in [1.82, 2.24) is 0 Å². The van der Waals surface area contributed by atoms with E-state index in [1.165, 1.54) is 18.2 Å². The fraction of sp³-hybridized carbons (Fsp3) is 0.0435. The molecule has 4 rings (SSSR count). The van der Waals surface area contributed by atoms with Gasteiger partial charge in [0.1, 0.15) is 11.4 Å². The van der Waals surface area contributed by atoms with Gasteiger partial charge < -0.3 is 9.73 Å². The number of fused-ring (bicyclic) bond motifs is 1. The molecular formula is C23H16FNO3. The van der Waals surface area contributed by atoms with Crippen LogP contribution in [0.4, 0.5) is 10.1 Å². The second-order valence-electron chi connectivity index (χ2n) is 6.40. The van der Waals surface area contributed by atoms with E-state index in [0.717, 1.165) is 10.9 Å². The van der Waals surface area contributed by atoms with Crippen molar-refractivity contribution in [3.63, 3.8) is 0 Å².